The Morgan fingerprint density at radius 1 is 1.11 bits per heavy atom. The van der Waals surface area contributed by atoms with E-state index in [1.807, 2.05) is 39.0 Å². The molecule has 0 spiro atoms. The van der Waals surface area contributed by atoms with Crippen LogP contribution in [0.3, 0.4) is 0 Å². The summed E-state index contributed by atoms with van der Waals surface area (Å²) in [6.45, 7) is 8.30. The van der Waals surface area contributed by atoms with Crippen molar-refractivity contribution in [1.82, 2.24) is 5.32 Å². The second-order valence-electron chi connectivity index (χ2n) is 7.43. The van der Waals surface area contributed by atoms with E-state index in [0.717, 1.165) is 22.4 Å². The van der Waals surface area contributed by atoms with E-state index < -0.39 is 11.7 Å². The highest BCUT2D eigenvalue weighted by Gasteiger charge is 2.15. The van der Waals surface area contributed by atoms with Gasteiger partial charge in [-0.05, 0) is 57.4 Å². The number of carbonyl (C=O) groups excluding carboxylic acids is 1. The van der Waals surface area contributed by atoms with Gasteiger partial charge < -0.3 is 19.5 Å². The van der Waals surface area contributed by atoms with E-state index in [4.69, 9.17) is 14.2 Å². The molecule has 0 saturated carbocycles. The van der Waals surface area contributed by atoms with Crippen LogP contribution >= 0.6 is 0 Å². The SMILES string of the molecule is COCOc1ccc(CCNC(=O)OC(C)(C)C)cc1-c1cccc(C)c1. The van der Waals surface area contributed by atoms with Crippen molar-refractivity contribution in [3.63, 3.8) is 0 Å². The van der Waals surface area contributed by atoms with Gasteiger partial charge in [0.25, 0.3) is 0 Å². The number of aryl methyl sites for hydroxylation is 1. The van der Waals surface area contributed by atoms with E-state index >= 15 is 0 Å². The normalized spacial score (nSPS) is 11.1. The average molecular weight is 371 g/mol. The first kappa shape index (κ1) is 20.8. The van der Waals surface area contributed by atoms with Crippen LogP contribution in [0.1, 0.15) is 31.9 Å². The lowest BCUT2D eigenvalue weighted by Gasteiger charge is -2.19. The summed E-state index contributed by atoms with van der Waals surface area (Å²) in [4.78, 5) is 11.8. The van der Waals surface area contributed by atoms with Crippen LogP contribution in [0.4, 0.5) is 4.79 Å². The van der Waals surface area contributed by atoms with Gasteiger partial charge in [-0.25, -0.2) is 4.79 Å². The number of carbonyl (C=O) groups is 1. The van der Waals surface area contributed by atoms with Crippen molar-refractivity contribution in [1.29, 1.82) is 0 Å². The molecular formula is C22H29NO4. The molecular weight excluding hydrogens is 342 g/mol. The molecule has 1 N–H and O–H groups in total. The van der Waals surface area contributed by atoms with Gasteiger partial charge in [-0.1, -0.05) is 35.9 Å². The fourth-order valence-corrected chi connectivity index (χ4v) is 2.64. The Hall–Kier alpha value is -2.53. The minimum atomic E-state index is -0.497. The number of ether oxygens (including phenoxy) is 3. The van der Waals surface area contributed by atoms with Crippen molar-refractivity contribution >= 4 is 6.09 Å². The van der Waals surface area contributed by atoms with Crippen LogP contribution in [0.5, 0.6) is 5.75 Å². The number of nitrogens with one attached hydrogen (secondary N) is 1. The summed E-state index contributed by atoms with van der Waals surface area (Å²) in [7, 11) is 1.60. The molecule has 0 aliphatic rings. The summed E-state index contributed by atoms with van der Waals surface area (Å²) in [6.07, 6.45) is 0.296. The van der Waals surface area contributed by atoms with Gasteiger partial charge in [0.15, 0.2) is 6.79 Å². The van der Waals surface area contributed by atoms with Gasteiger partial charge in [-0.2, -0.15) is 0 Å². The Morgan fingerprint density at radius 2 is 1.89 bits per heavy atom. The number of amides is 1. The third-order valence-corrected chi connectivity index (χ3v) is 3.79. The number of methoxy groups -OCH3 is 1. The first-order valence-electron chi connectivity index (χ1n) is 9.07. The zero-order valence-electron chi connectivity index (χ0n) is 16.8. The van der Waals surface area contributed by atoms with E-state index in [-0.39, 0.29) is 6.79 Å². The number of hydrogen-bond donors (Lipinski definition) is 1. The third-order valence-electron chi connectivity index (χ3n) is 3.79. The van der Waals surface area contributed by atoms with Gasteiger partial charge in [-0.3, -0.25) is 0 Å². The molecule has 5 heteroatoms. The van der Waals surface area contributed by atoms with Gasteiger partial charge in [-0.15, -0.1) is 0 Å². The van der Waals surface area contributed by atoms with Crippen LogP contribution in [0.15, 0.2) is 42.5 Å². The molecule has 0 atom stereocenters. The van der Waals surface area contributed by atoms with Crippen LogP contribution in [0.25, 0.3) is 11.1 Å². The van der Waals surface area contributed by atoms with Crippen LogP contribution in [-0.2, 0) is 15.9 Å². The number of alkyl carbamates (subject to hydrolysis) is 1. The molecule has 2 rings (SSSR count). The van der Waals surface area contributed by atoms with E-state index in [0.29, 0.717) is 13.0 Å². The largest absolute Gasteiger partial charge is 0.467 e. The molecule has 0 bridgehead atoms. The van der Waals surface area contributed by atoms with Gasteiger partial charge in [0.2, 0.25) is 0 Å². The highest BCUT2D eigenvalue weighted by molar-refractivity contribution is 5.72. The average Bonchev–Trinajstić information content (AvgIpc) is 2.59. The first-order valence-corrected chi connectivity index (χ1v) is 9.07. The van der Waals surface area contributed by atoms with E-state index in [1.165, 1.54) is 5.56 Å². The Kier molecular flexibility index (Phi) is 7.25. The Balaban J connectivity index is 2.12. The molecule has 0 aliphatic heterocycles. The molecule has 5 nitrogen and oxygen atoms in total. The molecule has 0 fully saturated rings. The van der Waals surface area contributed by atoms with Gasteiger partial charge in [0, 0.05) is 19.2 Å². The number of benzene rings is 2. The zero-order chi connectivity index (χ0) is 19.9. The van der Waals surface area contributed by atoms with Crippen molar-refractivity contribution in [2.45, 2.75) is 39.7 Å². The lowest BCUT2D eigenvalue weighted by Crippen LogP contribution is -2.33. The molecule has 146 valence electrons. The molecule has 0 heterocycles. The van der Waals surface area contributed by atoms with Crippen LogP contribution < -0.4 is 10.1 Å². The molecule has 0 aliphatic carbocycles. The minimum Gasteiger partial charge on any atom is -0.467 e. The Morgan fingerprint density at radius 3 is 2.56 bits per heavy atom. The maximum Gasteiger partial charge on any atom is 0.407 e. The van der Waals surface area contributed by atoms with Crippen molar-refractivity contribution < 1.29 is 19.0 Å². The topological polar surface area (TPSA) is 56.8 Å². The quantitative estimate of drug-likeness (QED) is 0.716. The first-order chi connectivity index (χ1) is 12.8. The molecule has 0 aromatic heterocycles. The number of hydrogen-bond acceptors (Lipinski definition) is 4. The van der Waals surface area contributed by atoms with E-state index in [1.54, 1.807) is 7.11 Å². The summed E-state index contributed by atoms with van der Waals surface area (Å²) in [6, 6.07) is 14.3. The molecule has 0 saturated heterocycles. The minimum absolute atomic E-state index is 0.193. The molecule has 27 heavy (non-hydrogen) atoms. The van der Waals surface area contributed by atoms with E-state index in [2.05, 4.69) is 36.5 Å². The van der Waals surface area contributed by atoms with Gasteiger partial charge in [0.05, 0.1) is 0 Å². The lowest BCUT2D eigenvalue weighted by molar-refractivity contribution is 0.0513. The lowest BCUT2D eigenvalue weighted by atomic mass is 9.99. The van der Waals surface area contributed by atoms with E-state index in [9.17, 15) is 4.79 Å². The zero-order valence-corrected chi connectivity index (χ0v) is 16.8. The maximum atomic E-state index is 11.8. The highest BCUT2D eigenvalue weighted by Crippen LogP contribution is 2.32. The number of rotatable bonds is 7. The van der Waals surface area contributed by atoms with Gasteiger partial charge in [0.1, 0.15) is 11.4 Å². The summed E-state index contributed by atoms with van der Waals surface area (Å²) < 4.78 is 16.0. The van der Waals surface area contributed by atoms with Gasteiger partial charge >= 0.3 is 6.09 Å². The molecule has 2 aromatic carbocycles. The molecule has 0 radical (unpaired) electrons. The second-order valence-corrected chi connectivity index (χ2v) is 7.43. The predicted octanol–water partition coefficient (Wildman–Crippen LogP) is 4.71. The Labute approximate surface area is 161 Å². The summed E-state index contributed by atoms with van der Waals surface area (Å²) in [5.41, 5.74) is 3.88. The maximum absolute atomic E-state index is 11.8. The standard InChI is InChI=1S/C22H29NO4/c1-16-7-6-8-18(13-16)19-14-17(9-10-20(19)26-15-25-5)11-12-23-21(24)27-22(2,3)4/h6-10,13-14H,11-12,15H2,1-5H3,(H,23,24). The second kappa shape index (κ2) is 9.42. The van der Waals surface area contributed by atoms with Crippen molar-refractivity contribution in [3.8, 4) is 16.9 Å². The summed E-state index contributed by atoms with van der Waals surface area (Å²) in [5, 5.41) is 2.79. The fraction of sp³-hybridized carbons (Fsp3) is 0.409. The van der Waals surface area contributed by atoms with Crippen molar-refractivity contribution in [2.24, 2.45) is 0 Å². The predicted molar refractivity (Wildman–Crippen MR) is 107 cm³/mol. The van der Waals surface area contributed by atoms with Crippen molar-refractivity contribution in [3.05, 3.63) is 53.6 Å². The smallest absolute Gasteiger partial charge is 0.407 e. The van der Waals surface area contributed by atoms with Crippen LogP contribution in [-0.4, -0.2) is 32.1 Å². The highest BCUT2D eigenvalue weighted by atomic mass is 16.7. The monoisotopic (exact) mass is 371 g/mol. The molecule has 0 unspecified atom stereocenters. The molecule has 2 aromatic rings. The summed E-state index contributed by atoms with van der Waals surface area (Å²) in [5.74, 6) is 0.770. The fourth-order valence-electron chi connectivity index (χ4n) is 2.64. The third kappa shape index (κ3) is 6.94. The Bertz CT molecular complexity index is 765. The van der Waals surface area contributed by atoms with Crippen LogP contribution in [0, 0.1) is 6.92 Å². The summed E-state index contributed by atoms with van der Waals surface area (Å²) >= 11 is 0. The van der Waals surface area contributed by atoms with Crippen LogP contribution in [0.2, 0.25) is 0 Å². The van der Waals surface area contributed by atoms with Crippen molar-refractivity contribution in [2.75, 3.05) is 20.4 Å². The molecule has 1 amide bonds.